The molecule has 7 aromatic carbocycles. The van der Waals surface area contributed by atoms with Gasteiger partial charge >= 0.3 is 0 Å². The van der Waals surface area contributed by atoms with E-state index in [0.717, 1.165) is 66.5 Å². The van der Waals surface area contributed by atoms with E-state index in [-0.39, 0.29) is 0 Å². The summed E-state index contributed by atoms with van der Waals surface area (Å²) in [4.78, 5) is 7.70. The van der Waals surface area contributed by atoms with Crippen molar-refractivity contribution in [3.63, 3.8) is 0 Å². The van der Waals surface area contributed by atoms with Gasteiger partial charge in [-0.3, -0.25) is 0 Å². The summed E-state index contributed by atoms with van der Waals surface area (Å²) in [6, 6.07) is 54.4. The highest BCUT2D eigenvalue weighted by atomic mass is 15.0. The second-order valence-electron chi connectivity index (χ2n) is 11.9. The fraction of sp³-hybridized carbons (Fsp3) is 0. The van der Waals surface area contributed by atoms with Crippen LogP contribution in [0, 0.1) is 13.1 Å². The van der Waals surface area contributed by atoms with Gasteiger partial charge in [-0.05, 0) is 64.7 Å². The van der Waals surface area contributed by atoms with E-state index in [0.29, 0.717) is 11.4 Å². The van der Waals surface area contributed by atoms with E-state index in [9.17, 15) is 0 Å². The first-order valence-corrected chi connectivity index (χ1v) is 15.8. The third kappa shape index (κ3) is 4.14. The Morgan fingerprint density at radius 3 is 1.69 bits per heavy atom. The monoisotopic (exact) mass is 610 g/mol. The van der Waals surface area contributed by atoms with Crippen LogP contribution in [0.1, 0.15) is 0 Å². The number of fused-ring (bicyclic) bond motifs is 6. The van der Waals surface area contributed by atoms with E-state index < -0.39 is 0 Å². The van der Waals surface area contributed by atoms with Crippen LogP contribution in [0.15, 0.2) is 158 Å². The van der Waals surface area contributed by atoms with Gasteiger partial charge in [-0.1, -0.05) is 115 Å². The molecule has 0 atom stereocenters. The van der Waals surface area contributed by atoms with Crippen LogP contribution in [0.3, 0.4) is 0 Å². The van der Waals surface area contributed by atoms with Gasteiger partial charge in [-0.2, -0.15) is 0 Å². The molecule has 0 radical (unpaired) electrons. The first-order valence-electron chi connectivity index (χ1n) is 15.8. The van der Waals surface area contributed by atoms with Crippen molar-refractivity contribution in [2.45, 2.75) is 0 Å². The molecule has 0 fully saturated rings. The molecule has 9 rings (SSSR count). The summed E-state index contributed by atoms with van der Waals surface area (Å²) in [6.07, 6.45) is 0. The molecule has 2 aromatic heterocycles. The number of benzene rings is 7. The number of hydrogen-bond acceptors (Lipinski definition) is 0. The van der Waals surface area contributed by atoms with Crippen LogP contribution < -0.4 is 0 Å². The van der Waals surface area contributed by atoms with Crippen LogP contribution in [0.5, 0.6) is 0 Å². The normalized spacial score (nSPS) is 11.3. The summed E-state index contributed by atoms with van der Waals surface area (Å²) in [5, 5.41) is 4.67. The summed E-state index contributed by atoms with van der Waals surface area (Å²) in [5.74, 6) is 0. The number of rotatable bonds is 4. The first kappa shape index (κ1) is 27.4. The predicted octanol–water partition coefficient (Wildman–Crippen LogP) is 12.3. The Bertz CT molecular complexity index is 2760. The Balaban J connectivity index is 1.24. The average Bonchev–Trinajstić information content (AvgIpc) is 3.67. The van der Waals surface area contributed by atoms with Gasteiger partial charge in [0, 0.05) is 32.7 Å². The Morgan fingerprint density at radius 1 is 0.396 bits per heavy atom. The molecule has 4 nitrogen and oxygen atoms in total. The quantitative estimate of drug-likeness (QED) is 0.177. The molecule has 4 heteroatoms. The van der Waals surface area contributed by atoms with Crippen molar-refractivity contribution < 1.29 is 0 Å². The minimum atomic E-state index is 0.609. The minimum absolute atomic E-state index is 0.609. The maximum absolute atomic E-state index is 8.13. The fourth-order valence-electron chi connectivity index (χ4n) is 7.24. The van der Waals surface area contributed by atoms with Crippen LogP contribution in [0.4, 0.5) is 11.4 Å². The van der Waals surface area contributed by atoms with Crippen molar-refractivity contribution in [2.75, 3.05) is 0 Å². The van der Waals surface area contributed by atoms with Crippen LogP contribution >= 0.6 is 0 Å². The van der Waals surface area contributed by atoms with Crippen molar-refractivity contribution >= 4 is 55.0 Å². The zero-order chi connectivity index (χ0) is 32.2. The van der Waals surface area contributed by atoms with Crippen LogP contribution in [0.25, 0.3) is 86.9 Å². The van der Waals surface area contributed by atoms with Gasteiger partial charge in [0.2, 0.25) is 0 Å². The lowest BCUT2D eigenvalue weighted by molar-refractivity contribution is 1.18. The second kappa shape index (κ2) is 10.9. The van der Waals surface area contributed by atoms with Gasteiger partial charge in [0.25, 0.3) is 0 Å². The molecule has 222 valence electrons. The summed E-state index contributed by atoms with van der Waals surface area (Å²) < 4.78 is 4.56. The van der Waals surface area contributed by atoms with Crippen LogP contribution in [-0.2, 0) is 0 Å². The molecule has 9 aromatic rings. The van der Waals surface area contributed by atoms with E-state index in [1.807, 2.05) is 30.3 Å². The molecule has 48 heavy (non-hydrogen) atoms. The average molecular weight is 611 g/mol. The van der Waals surface area contributed by atoms with E-state index in [2.05, 4.69) is 146 Å². The fourth-order valence-corrected chi connectivity index (χ4v) is 7.24. The van der Waals surface area contributed by atoms with Crippen molar-refractivity contribution in [3.8, 4) is 33.6 Å². The van der Waals surface area contributed by atoms with Gasteiger partial charge in [-0.25, -0.2) is 9.69 Å². The molecule has 0 amide bonds. The lowest BCUT2D eigenvalue weighted by Gasteiger charge is -2.16. The van der Waals surface area contributed by atoms with E-state index in [4.69, 9.17) is 13.1 Å². The smallest absolute Gasteiger partial charge is 0.195 e. The number of hydrogen-bond donors (Lipinski definition) is 0. The molecule has 0 aliphatic heterocycles. The molecule has 0 spiro atoms. The Morgan fingerprint density at radius 2 is 1.00 bits per heavy atom. The van der Waals surface area contributed by atoms with Crippen molar-refractivity contribution in [2.24, 2.45) is 0 Å². The number of para-hydroxylation sites is 4. The molecular formula is C44H26N4. The topological polar surface area (TPSA) is 18.6 Å². The summed E-state index contributed by atoms with van der Waals surface area (Å²) in [5.41, 5.74) is 11.6. The summed E-state index contributed by atoms with van der Waals surface area (Å²) >= 11 is 0. The highest BCUT2D eigenvalue weighted by molar-refractivity contribution is 6.11. The summed E-state index contributed by atoms with van der Waals surface area (Å²) in [6.45, 7) is 15.8. The lowest BCUT2D eigenvalue weighted by Crippen LogP contribution is -1.97. The number of nitrogens with zero attached hydrogens (tertiary/aromatic N) is 4. The Labute approximate surface area is 277 Å². The molecule has 2 heterocycles. The highest BCUT2D eigenvalue weighted by Crippen LogP contribution is 2.41. The maximum Gasteiger partial charge on any atom is 0.195 e. The summed E-state index contributed by atoms with van der Waals surface area (Å²) in [7, 11) is 0. The molecule has 0 aliphatic carbocycles. The minimum Gasteiger partial charge on any atom is -0.310 e. The van der Waals surface area contributed by atoms with E-state index >= 15 is 0 Å². The maximum atomic E-state index is 8.13. The third-order valence-corrected chi connectivity index (χ3v) is 9.36. The zero-order valence-electron chi connectivity index (χ0n) is 25.8. The van der Waals surface area contributed by atoms with Gasteiger partial charge in [0.1, 0.15) is 0 Å². The van der Waals surface area contributed by atoms with Crippen LogP contribution in [-0.4, -0.2) is 9.13 Å². The van der Waals surface area contributed by atoms with Gasteiger partial charge < -0.3 is 9.13 Å². The SMILES string of the molecule is [C-]#[N+]c1ccc2c3ccccc3n(-c3cccc(-c4ccc([N+]#[C-])c(-c5ccccc5-n5c6ccccc6c6ccccc65)c4)c3)c2c1. The van der Waals surface area contributed by atoms with Gasteiger partial charge in [0.05, 0.1) is 35.4 Å². The lowest BCUT2D eigenvalue weighted by atomic mass is 9.96. The molecule has 0 aliphatic rings. The molecule has 0 unspecified atom stereocenters. The predicted molar refractivity (Wildman–Crippen MR) is 199 cm³/mol. The molecular weight excluding hydrogens is 585 g/mol. The van der Waals surface area contributed by atoms with Gasteiger partial charge in [0.15, 0.2) is 11.4 Å². The van der Waals surface area contributed by atoms with E-state index in [1.54, 1.807) is 0 Å². The Hall–Kier alpha value is -6.88. The largest absolute Gasteiger partial charge is 0.310 e. The van der Waals surface area contributed by atoms with Crippen molar-refractivity contribution in [1.82, 2.24) is 9.13 Å². The zero-order valence-corrected chi connectivity index (χ0v) is 25.8. The first-order chi connectivity index (χ1) is 23.7. The molecule has 0 saturated carbocycles. The second-order valence-corrected chi connectivity index (χ2v) is 11.9. The van der Waals surface area contributed by atoms with Crippen molar-refractivity contribution in [3.05, 3.63) is 181 Å². The highest BCUT2D eigenvalue weighted by Gasteiger charge is 2.18. The van der Waals surface area contributed by atoms with E-state index in [1.165, 1.54) is 10.8 Å². The third-order valence-electron chi connectivity index (χ3n) is 9.36. The van der Waals surface area contributed by atoms with Gasteiger partial charge in [-0.15, -0.1) is 0 Å². The number of aromatic nitrogens is 2. The molecule has 0 saturated heterocycles. The Kier molecular flexibility index (Phi) is 6.22. The van der Waals surface area contributed by atoms with Crippen LogP contribution in [0.2, 0.25) is 0 Å². The molecule has 0 bridgehead atoms. The molecule has 0 N–H and O–H groups in total. The standard InChI is InChI=1S/C44H26N4/c1-45-31-23-24-37-35-16-3-7-18-40(35)47(44(37)28-31)32-13-11-12-29(26-32)30-22-25-39(46-2)38(27-30)36-17-6-10-21-43(36)48-41-19-8-4-14-33(41)34-15-5-9-20-42(34)48/h3-28H. The van der Waals surface area contributed by atoms with Crippen molar-refractivity contribution in [1.29, 1.82) is 0 Å².